The molecule has 0 aliphatic heterocycles. The van der Waals surface area contributed by atoms with Gasteiger partial charge in [-0.2, -0.15) is 5.10 Å². The molecule has 0 atom stereocenters. The molecule has 0 aliphatic carbocycles. The van der Waals surface area contributed by atoms with E-state index in [1.54, 1.807) is 35.3 Å². The summed E-state index contributed by atoms with van der Waals surface area (Å²) >= 11 is 0. The second-order valence-electron chi connectivity index (χ2n) is 4.48. The smallest absolute Gasteiger partial charge is 0.334 e. The summed E-state index contributed by atoms with van der Waals surface area (Å²) in [6.07, 6.45) is 4.24. The van der Waals surface area contributed by atoms with Gasteiger partial charge in [-0.15, -0.1) is 0 Å². The Kier molecular flexibility index (Phi) is 4.76. The lowest BCUT2D eigenvalue weighted by molar-refractivity contribution is -0.384. The third-order valence-electron chi connectivity index (χ3n) is 2.84. The van der Waals surface area contributed by atoms with Gasteiger partial charge in [0, 0.05) is 13.1 Å². The molecule has 2 aromatic rings. The Morgan fingerprint density at radius 2 is 2.24 bits per heavy atom. The van der Waals surface area contributed by atoms with Crippen LogP contribution in [0.5, 0.6) is 11.5 Å². The summed E-state index contributed by atoms with van der Waals surface area (Å²) in [5, 5.41) is 18.4. The highest BCUT2D eigenvalue weighted by molar-refractivity contribution is 5.68. The molecule has 0 amide bonds. The Hall–Kier alpha value is -2.57. The fourth-order valence-electron chi connectivity index (χ4n) is 2.00. The Balaban J connectivity index is 2.29. The van der Waals surface area contributed by atoms with E-state index < -0.39 is 4.92 Å². The number of hydrogen-bond acceptors (Lipinski definition) is 5. The number of nitrogens with zero attached hydrogens (tertiary/aromatic N) is 3. The van der Waals surface area contributed by atoms with Gasteiger partial charge in [-0.1, -0.05) is 13.0 Å². The fraction of sp³-hybridized carbons (Fsp3) is 0.357. The van der Waals surface area contributed by atoms with Crippen LogP contribution in [0.15, 0.2) is 30.6 Å². The topological polar surface area (TPSA) is 82.2 Å². The quantitative estimate of drug-likeness (QED) is 0.624. The molecule has 112 valence electrons. The van der Waals surface area contributed by atoms with Crippen LogP contribution in [-0.2, 0) is 6.54 Å². The van der Waals surface area contributed by atoms with E-state index in [1.165, 1.54) is 0 Å². The third-order valence-corrected chi connectivity index (χ3v) is 2.84. The van der Waals surface area contributed by atoms with Crippen molar-refractivity contribution in [1.29, 1.82) is 0 Å². The summed E-state index contributed by atoms with van der Waals surface area (Å²) in [6.45, 7) is 5.31. The lowest BCUT2D eigenvalue weighted by atomic mass is 10.2. The van der Waals surface area contributed by atoms with Crippen molar-refractivity contribution in [3.63, 3.8) is 0 Å². The maximum atomic E-state index is 11.3. The summed E-state index contributed by atoms with van der Waals surface area (Å²) in [5.74, 6) is 0.690. The maximum absolute atomic E-state index is 11.3. The minimum Gasteiger partial charge on any atom is -0.447 e. The molecule has 1 N–H and O–H groups in total. The molecule has 1 heterocycles. The Morgan fingerprint density at radius 3 is 2.90 bits per heavy atom. The molecule has 7 heteroatoms. The molecule has 0 unspecified atom stereocenters. The molecular weight excluding hydrogens is 272 g/mol. The first kappa shape index (κ1) is 14.8. The molecule has 7 nitrogen and oxygen atoms in total. The molecule has 2 rings (SSSR count). The van der Waals surface area contributed by atoms with Crippen LogP contribution in [-0.4, -0.2) is 21.2 Å². The maximum Gasteiger partial charge on any atom is 0.334 e. The van der Waals surface area contributed by atoms with Crippen molar-refractivity contribution < 1.29 is 9.66 Å². The second-order valence-corrected chi connectivity index (χ2v) is 4.48. The number of ether oxygens (including phenoxy) is 1. The second kappa shape index (κ2) is 6.74. The number of nitro benzene ring substituents is 1. The van der Waals surface area contributed by atoms with Crippen LogP contribution in [0.1, 0.15) is 20.3 Å². The highest BCUT2D eigenvalue weighted by Crippen LogP contribution is 2.37. The molecule has 0 fully saturated rings. The first-order valence-electron chi connectivity index (χ1n) is 6.87. The van der Waals surface area contributed by atoms with Crippen LogP contribution in [0.25, 0.3) is 0 Å². The van der Waals surface area contributed by atoms with Gasteiger partial charge in [0.1, 0.15) is 5.69 Å². The molecular formula is C14H18N4O3. The van der Waals surface area contributed by atoms with E-state index in [0.717, 1.165) is 13.0 Å². The molecule has 0 radical (unpaired) electrons. The Bertz CT molecular complexity index is 624. The van der Waals surface area contributed by atoms with Gasteiger partial charge in [0.05, 0.1) is 17.3 Å². The predicted octanol–water partition coefficient (Wildman–Crippen LogP) is 3.43. The number of rotatable bonds is 7. The molecule has 0 bridgehead atoms. The minimum absolute atomic E-state index is 0.0670. The van der Waals surface area contributed by atoms with Gasteiger partial charge < -0.3 is 10.1 Å². The van der Waals surface area contributed by atoms with Crippen molar-refractivity contribution in [2.75, 3.05) is 11.9 Å². The monoisotopic (exact) mass is 290 g/mol. The molecule has 0 aliphatic rings. The zero-order chi connectivity index (χ0) is 15.2. The molecule has 0 saturated heterocycles. The summed E-state index contributed by atoms with van der Waals surface area (Å²) in [7, 11) is 0. The molecule has 1 aromatic heterocycles. The van der Waals surface area contributed by atoms with Crippen molar-refractivity contribution >= 4 is 11.4 Å². The van der Waals surface area contributed by atoms with Crippen LogP contribution in [0, 0.1) is 10.1 Å². The SMILES string of the molecule is CCCn1cc(Oc2cccc(NCC)c2[N+](=O)[O-])cn1. The number of aromatic nitrogens is 2. The van der Waals surface area contributed by atoms with E-state index in [2.05, 4.69) is 10.4 Å². The van der Waals surface area contributed by atoms with Crippen molar-refractivity contribution in [2.24, 2.45) is 0 Å². The van der Waals surface area contributed by atoms with Crippen molar-refractivity contribution in [3.8, 4) is 11.5 Å². The minimum atomic E-state index is -0.441. The third kappa shape index (κ3) is 3.50. The van der Waals surface area contributed by atoms with Gasteiger partial charge in [-0.05, 0) is 25.5 Å². The van der Waals surface area contributed by atoms with Crippen molar-refractivity contribution in [2.45, 2.75) is 26.8 Å². The first-order valence-corrected chi connectivity index (χ1v) is 6.87. The van der Waals surface area contributed by atoms with E-state index in [9.17, 15) is 10.1 Å². The molecule has 1 aromatic carbocycles. The van der Waals surface area contributed by atoms with Crippen LogP contribution in [0.4, 0.5) is 11.4 Å². The predicted molar refractivity (Wildman–Crippen MR) is 79.9 cm³/mol. The van der Waals surface area contributed by atoms with Gasteiger partial charge in [0.2, 0.25) is 5.75 Å². The van der Waals surface area contributed by atoms with Gasteiger partial charge in [-0.25, -0.2) is 0 Å². The van der Waals surface area contributed by atoms with Crippen LogP contribution >= 0.6 is 0 Å². The normalized spacial score (nSPS) is 10.4. The number of aryl methyl sites for hydroxylation is 1. The Labute approximate surface area is 122 Å². The van der Waals surface area contributed by atoms with Crippen molar-refractivity contribution in [3.05, 3.63) is 40.7 Å². The standard InChI is InChI=1S/C14H18N4O3/c1-3-8-17-10-11(9-16-17)21-13-7-5-6-12(15-4-2)14(13)18(19)20/h5-7,9-10,15H,3-4,8H2,1-2H3. The number of anilines is 1. The summed E-state index contributed by atoms with van der Waals surface area (Å²) in [5.41, 5.74) is 0.378. The molecule has 0 saturated carbocycles. The highest BCUT2D eigenvalue weighted by Gasteiger charge is 2.21. The van der Waals surface area contributed by atoms with E-state index in [-0.39, 0.29) is 11.4 Å². The number of hydrogen-bond donors (Lipinski definition) is 1. The van der Waals surface area contributed by atoms with E-state index in [1.807, 2.05) is 13.8 Å². The number of nitrogens with one attached hydrogen (secondary N) is 1. The van der Waals surface area contributed by atoms with E-state index in [4.69, 9.17) is 4.74 Å². The zero-order valence-corrected chi connectivity index (χ0v) is 12.1. The Morgan fingerprint density at radius 1 is 1.43 bits per heavy atom. The largest absolute Gasteiger partial charge is 0.447 e. The van der Waals surface area contributed by atoms with Gasteiger partial charge in [-0.3, -0.25) is 14.8 Å². The highest BCUT2D eigenvalue weighted by atomic mass is 16.6. The van der Waals surface area contributed by atoms with Gasteiger partial charge in [0.25, 0.3) is 0 Å². The molecule has 0 spiro atoms. The lowest BCUT2D eigenvalue weighted by Crippen LogP contribution is -2.02. The van der Waals surface area contributed by atoms with Gasteiger partial charge >= 0.3 is 5.69 Å². The molecule has 21 heavy (non-hydrogen) atoms. The fourth-order valence-corrected chi connectivity index (χ4v) is 2.00. The number of benzene rings is 1. The average molecular weight is 290 g/mol. The zero-order valence-electron chi connectivity index (χ0n) is 12.1. The van der Waals surface area contributed by atoms with E-state index in [0.29, 0.717) is 18.0 Å². The lowest BCUT2D eigenvalue weighted by Gasteiger charge is -2.08. The first-order chi connectivity index (χ1) is 10.2. The van der Waals surface area contributed by atoms with Crippen LogP contribution in [0.3, 0.4) is 0 Å². The summed E-state index contributed by atoms with van der Waals surface area (Å²) < 4.78 is 7.37. The van der Waals surface area contributed by atoms with Crippen LogP contribution < -0.4 is 10.1 Å². The van der Waals surface area contributed by atoms with Crippen LogP contribution in [0.2, 0.25) is 0 Å². The number of nitro groups is 1. The van der Waals surface area contributed by atoms with Gasteiger partial charge in [0.15, 0.2) is 5.75 Å². The summed E-state index contributed by atoms with van der Waals surface area (Å²) in [4.78, 5) is 10.8. The summed E-state index contributed by atoms with van der Waals surface area (Å²) in [6, 6.07) is 4.96. The number of para-hydroxylation sites is 1. The average Bonchev–Trinajstić information content (AvgIpc) is 2.87. The van der Waals surface area contributed by atoms with E-state index >= 15 is 0 Å². The van der Waals surface area contributed by atoms with Crippen molar-refractivity contribution in [1.82, 2.24) is 9.78 Å².